The Morgan fingerprint density at radius 1 is 1.19 bits per heavy atom. The maximum Gasteiger partial charge on any atom is 0.231 e. The topological polar surface area (TPSA) is 74.0 Å². The van der Waals surface area contributed by atoms with Crippen molar-refractivity contribution in [1.82, 2.24) is 0 Å². The van der Waals surface area contributed by atoms with E-state index in [9.17, 15) is 4.79 Å². The van der Waals surface area contributed by atoms with Crippen LogP contribution in [0.4, 0.5) is 11.4 Å². The van der Waals surface area contributed by atoms with Crippen LogP contribution in [0.5, 0.6) is 17.2 Å². The van der Waals surface area contributed by atoms with Crippen molar-refractivity contribution in [2.45, 2.75) is 6.92 Å². The van der Waals surface area contributed by atoms with Crippen molar-refractivity contribution in [2.24, 2.45) is 0 Å². The van der Waals surface area contributed by atoms with Gasteiger partial charge < -0.3 is 24.8 Å². The molecule has 0 spiro atoms. The lowest BCUT2D eigenvalue weighted by molar-refractivity contribution is 0.103. The lowest BCUT2D eigenvalue weighted by atomic mass is 10.0. The lowest BCUT2D eigenvalue weighted by Crippen LogP contribution is -2.12. The Bertz CT molecular complexity index is 888. The van der Waals surface area contributed by atoms with Gasteiger partial charge in [0.1, 0.15) is 5.75 Å². The number of methoxy groups -OCH3 is 1. The van der Waals surface area contributed by atoms with Gasteiger partial charge in [0.2, 0.25) is 6.79 Å². The van der Waals surface area contributed by atoms with E-state index in [0.717, 1.165) is 11.3 Å². The summed E-state index contributed by atoms with van der Waals surface area (Å²) in [5.74, 6) is 1.79. The molecule has 1 heterocycles. The molecule has 0 atom stereocenters. The summed E-state index contributed by atoms with van der Waals surface area (Å²) in [7, 11) is 5.39. The number of hydrogen-bond donors (Lipinski definition) is 1. The molecule has 0 amide bonds. The van der Waals surface area contributed by atoms with Crippen LogP contribution < -0.4 is 24.8 Å². The predicted octanol–water partition coefficient (Wildman–Crippen LogP) is 3.36. The van der Waals surface area contributed by atoms with E-state index in [1.807, 2.05) is 25.1 Å². The molecule has 0 saturated heterocycles. The molecule has 0 bridgehead atoms. The van der Waals surface area contributed by atoms with Gasteiger partial charge in [-0.15, -0.1) is 0 Å². The van der Waals surface area contributed by atoms with E-state index >= 15 is 0 Å². The number of Topliss-reactive ketones (excluding diaryl/α,β-unsaturated/α-hetero) is 1. The summed E-state index contributed by atoms with van der Waals surface area (Å²) in [6, 6.07) is 8.89. The number of nitrogens with two attached hydrogens (primary N) is 1. The van der Waals surface area contributed by atoms with E-state index in [-0.39, 0.29) is 12.6 Å². The van der Waals surface area contributed by atoms with Crippen molar-refractivity contribution >= 4 is 23.2 Å². The largest absolute Gasteiger partial charge is 0.496 e. The van der Waals surface area contributed by atoms with Gasteiger partial charge in [-0.3, -0.25) is 4.79 Å². The van der Waals surface area contributed by atoms with E-state index in [0.29, 0.717) is 34.1 Å². The minimum absolute atomic E-state index is 0.0956. The van der Waals surface area contributed by atoms with Crippen LogP contribution >= 0.6 is 0 Å². The van der Waals surface area contributed by atoms with Crippen LogP contribution in [0.3, 0.4) is 0 Å². The number of hydrogen-bond acceptors (Lipinski definition) is 6. The zero-order chi connectivity index (χ0) is 18.8. The van der Waals surface area contributed by atoms with E-state index < -0.39 is 0 Å². The number of benzene rings is 2. The van der Waals surface area contributed by atoms with Crippen LogP contribution in [0, 0.1) is 0 Å². The molecule has 1 aliphatic heterocycles. The summed E-state index contributed by atoms with van der Waals surface area (Å²) in [6.07, 6.45) is 1.78. The molecule has 0 fully saturated rings. The van der Waals surface area contributed by atoms with Crippen LogP contribution in [0.25, 0.3) is 6.08 Å². The Hall–Kier alpha value is -3.15. The second-order valence-electron chi connectivity index (χ2n) is 6.27. The van der Waals surface area contributed by atoms with Gasteiger partial charge in [-0.2, -0.15) is 0 Å². The fourth-order valence-electron chi connectivity index (χ4n) is 2.86. The third-order valence-corrected chi connectivity index (χ3v) is 4.23. The number of nitrogen functional groups attached to an aromatic ring is 1. The van der Waals surface area contributed by atoms with Crippen LogP contribution in [-0.4, -0.2) is 33.8 Å². The number of carbonyl (C=O) groups excluding carboxylic acids is 1. The van der Waals surface area contributed by atoms with Crippen LogP contribution in [0.2, 0.25) is 0 Å². The van der Waals surface area contributed by atoms with Crippen LogP contribution in [0.1, 0.15) is 22.8 Å². The van der Waals surface area contributed by atoms with E-state index in [4.69, 9.17) is 19.9 Å². The first-order chi connectivity index (χ1) is 12.4. The molecule has 2 N–H and O–H groups in total. The summed E-state index contributed by atoms with van der Waals surface area (Å²) < 4.78 is 16.2. The van der Waals surface area contributed by atoms with E-state index in [2.05, 4.69) is 0 Å². The molecule has 0 unspecified atom stereocenters. The highest BCUT2D eigenvalue weighted by molar-refractivity contribution is 6.11. The summed E-state index contributed by atoms with van der Waals surface area (Å²) in [5.41, 5.74) is 9.36. The zero-order valence-corrected chi connectivity index (χ0v) is 15.3. The molecular formula is C20H22N2O4. The van der Waals surface area contributed by atoms with Gasteiger partial charge in [-0.1, -0.05) is 0 Å². The molecule has 0 saturated carbocycles. The Morgan fingerprint density at radius 3 is 2.50 bits per heavy atom. The van der Waals surface area contributed by atoms with Crippen molar-refractivity contribution < 1.29 is 19.0 Å². The van der Waals surface area contributed by atoms with Crippen molar-refractivity contribution in [3.05, 3.63) is 47.0 Å². The fraction of sp³-hybridized carbons (Fsp3) is 0.250. The van der Waals surface area contributed by atoms with Crippen molar-refractivity contribution in [1.29, 1.82) is 0 Å². The van der Waals surface area contributed by atoms with E-state index in [1.54, 1.807) is 44.4 Å². The van der Waals surface area contributed by atoms with Crippen LogP contribution in [-0.2, 0) is 0 Å². The van der Waals surface area contributed by atoms with Gasteiger partial charge in [0.05, 0.1) is 18.5 Å². The third kappa shape index (κ3) is 3.31. The number of nitrogens with zero attached hydrogens (tertiary/aromatic N) is 1. The number of allylic oxidation sites excluding steroid dienone is 1. The highest BCUT2D eigenvalue weighted by Crippen LogP contribution is 2.39. The van der Waals surface area contributed by atoms with Crippen molar-refractivity contribution in [3.63, 3.8) is 0 Å². The zero-order valence-electron chi connectivity index (χ0n) is 15.3. The van der Waals surface area contributed by atoms with Gasteiger partial charge in [0.15, 0.2) is 17.3 Å². The average molecular weight is 354 g/mol. The number of ether oxygens (including phenoxy) is 3. The quantitative estimate of drug-likeness (QED) is 0.504. The molecule has 2 aromatic rings. The first-order valence-corrected chi connectivity index (χ1v) is 8.18. The second kappa shape index (κ2) is 7.00. The summed E-state index contributed by atoms with van der Waals surface area (Å²) in [6.45, 7) is 1.95. The highest BCUT2D eigenvalue weighted by Gasteiger charge is 2.18. The lowest BCUT2D eigenvalue weighted by Gasteiger charge is -2.15. The number of carbonyl (C=O) groups is 1. The molecule has 0 aromatic heterocycles. The minimum Gasteiger partial charge on any atom is -0.496 e. The Balaban J connectivity index is 1.93. The molecule has 1 aliphatic rings. The smallest absolute Gasteiger partial charge is 0.231 e. The van der Waals surface area contributed by atoms with Crippen LogP contribution in [0.15, 0.2) is 35.9 Å². The predicted molar refractivity (Wildman–Crippen MR) is 102 cm³/mol. The minimum atomic E-state index is -0.0956. The molecule has 26 heavy (non-hydrogen) atoms. The van der Waals surface area contributed by atoms with Crippen molar-refractivity contribution in [3.8, 4) is 17.2 Å². The fourth-order valence-corrected chi connectivity index (χ4v) is 2.86. The monoisotopic (exact) mass is 354 g/mol. The number of rotatable bonds is 5. The molecule has 6 heteroatoms. The summed E-state index contributed by atoms with van der Waals surface area (Å²) in [4.78, 5) is 14.7. The number of ketones is 1. The maximum absolute atomic E-state index is 12.8. The molecule has 0 aliphatic carbocycles. The van der Waals surface area contributed by atoms with Gasteiger partial charge >= 0.3 is 0 Å². The second-order valence-corrected chi connectivity index (χ2v) is 6.27. The van der Waals surface area contributed by atoms with Crippen molar-refractivity contribution in [2.75, 3.05) is 38.6 Å². The third-order valence-electron chi connectivity index (χ3n) is 4.23. The molecule has 3 rings (SSSR count). The SMILES string of the molecule is COc1cc2c(cc1C=C(C)C(=O)c1ccc(N(C)C)c(N)c1)OCO2. The standard InChI is InChI=1S/C20H22N2O4/c1-12(20(23)13-5-6-16(22(2)3)15(21)8-13)7-14-9-18-19(26-11-25-18)10-17(14)24-4/h5-10H,11,21H2,1-4H3. The van der Waals surface area contributed by atoms with E-state index in [1.165, 1.54) is 0 Å². The average Bonchev–Trinajstić information content (AvgIpc) is 3.07. The normalized spacial score (nSPS) is 12.8. The van der Waals surface area contributed by atoms with Gasteiger partial charge in [0, 0.05) is 31.3 Å². The summed E-state index contributed by atoms with van der Waals surface area (Å²) >= 11 is 0. The first-order valence-electron chi connectivity index (χ1n) is 8.18. The molecule has 0 radical (unpaired) electrons. The number of fused-ring (bicyclic) bond motifs is 1. The van der Waals surface area contributed by atoms with Gasteiger partial charge in [-0.25, -0.2) is 0 Å². The van der Waals surface area contributed by atoms with Gasteiger partial charge in [-0.05, 0) is 42.8 Å². The highest BCUT2D eigenvalue weighted by atomic mass is 16.7. The molecule has 136 valence electrons. The molecule has 6 nitrogen and oxygen atoms in total. The Labute approximate surface area is 152 Å². The Kier molecular flexibility index (Phi) is 4.75. The maximum atomic E-state index is 12.8. The first kappa shape index (κ1) is 17.7. The Morgan fingerprint density at radius 2 is 1.88 bits per heavy atom. The summed E-state index contributed by atoms with van der Waals surface area (Å²) in [5, 5.41) is 0. The molecular weight excluding hydrogens is 332 g/mol. The number of anilines is 2. The van der Waals surface area contributed by atoms with Gasteiger partial charge in [0.25, 0.3) is 0 Å². The molecule has 2 aromatic carbocycles.